The van der Waals surface area contributed by atoms with E-state index in [1.165, 1.54) is 0 Å². The van der Waals surface area contributed by atoms with Crippen molar-refractivity contribution in [2.75, 3.05) is 6.54 Å². The first kappa shape index (κ1) is 31.7. The van der Waals surface area contributed by atoms with Gasteiger partial charge >= 0.3 is 12.1 Å². The fraction of sp³-hybridized carbons (Fsp3) is 0.394. The topological polar surface area (TPSA) is 75.6 Å². The molecule has 41 heavy (non-hydrogen) atoms. The Hall–Kier alpha value is -3.81. The molecule has 0 aliphatic heterocycles. The average molecular weight is 570 g/mol. The first-order valence-corrected chi connectivity index (χ1v) is 14.0. The SMILES string of the molecule is CC/C=C/CCC(OC1=CCC(C)(c2ccc(C(F)(F)F)cc2)C(CC)=C1)c1ccc(C(=O)NCCC(=O)O)cc1. The van der Waals surface area contributed by atoms with Crippen molar-refractivity contribution >= 4 is 11.9 Å². The summed E-state index contributed by atoms with van der Waals surface area (Å²) in [4.78, 5) is 23.1. The summed E-state index contributed by atoms with van der Waals surface area (Å²) in [5.74, 6) is -0.602. The van der Waals surface area contributed by atoms with Gasteiger partial charge in [-0.05, 0) is 79.6 Å². The summed E-state index contributed by atoms with van der Waals surface area (Å²) in [6.07, 6.45) is 7.17. The summed E-state index contributed by atoms with van der Waals surface area (Å²) in [6.45, 7) is 6.20. The molecule has 0 aromatic heterocycles. The standard InChI is InChI=1S/C33H38F3NO4/c1-4-6-7-8-9-29(23-10-12-24(13-11-23)31(40)37-21-19-30(38)39)41-28-18-20-32(3,25(5-2)22-28)26-14-16-27(17-15-26)33(34,35)36/h6-7,10-18,22,29H,4-5,8-9,19-21H2,1-3H3,(H,37,40)(H,38,39)/b7-6+. The minimum Gasteiger partial charge on any atom is -0.486 e. The Balaban J connectivity index is 1.79. The number of carboxylic acid groups (broad SMARTS) is 1. The molecule has 3 rings (SSSR count). The summed E-state index contributed by atoms with van der Waals surface area (Å²) in [5, 5.41) is 11.4. The summed E-state index contributed by atoms with van der Waals surface area (Å²) in [5.41, 5.74) is 2.13. The third-order valence-electron chi connectivity index (χ3n) is 7.41. The van der Waals surface area contributed by atoms with E-state index in [4.69, 9.17) is 9.84 Å². The maximum atomic E-state index is 13.1. The maximum absolute atomic E-state index is 13.1. The van der Waals surface area contributed by atoms with Gasteiger partial charge in [0.2, 0.25) is 0 Å². The molecule has 2 aromatic rings. The van der Waals surface area contributed by atoms with Crippen molar-refractivity contribution < 1.29 is 32.6 Å². The molecule has 1 aliphatic rings. The van der Waals surface area contributed by atoms with E-state index in [0.29, 0.717) is 30.6 Å². The molecule has 2 unspecified atom stereocenters. The van der Waals surface area contributed by atoms with E-state index in [1.807, 2.05) is 38.1 Å². The van der Waals surface area contributed by atoms with Crippen molar-refractivity contribution in [1.29, 1.82) is 0 Å². The zero-order chi connectivity index (χ0) is 30.0. The van der Waals surface area contributed by atoms with Crippen LogP contribution in [0.5, 0.6) is 0 Å². The molecule has 2 atom stereocenters. The molecule has 0 heterocycles. The first-order valence-electron chi connectivity index (χ1n) is 14.0. The predicted molar refractivity (Wildman–Crippen MR) is 153 cm³/mol. The number of benzene rings is 2. The van der Waals surface area contributed by atoms with E-state index >= 15 is 0 Å². The van der Waals surface area contributed by atoms with Crippen LogP contribution in [0.15, 0.2) is 84.2 Å². The van der Waals surface area contributed by atoms with Crippen molar-refractivity contribution in [2.24, 2.45) is 0 Å². The van der Waals surface area contributed by atoms with Crippen molar-refractivity contribution in [3.8, 4) is 0 Å². The monoisotopic (exact) mass is 569 g/mol. The first-order chi connectivity index (χ1) is 19.5. The number of rotatable bonds is 13. The molecule has 1 aliphatic carbocycles. The van der Waals surface area contributed by atoms with Crippen LogP contribution in [0.25, 0.3) is 0 Å². The Morgan fingerprint density at radius 2 is 1.76 bits per heavy atom. The lowest BCUT2D eigenvalue weighted by Gasteiger charge is -2.36. The van der Waals surface area contributed by atoms with Gasteiger partial charge in [-0.15, -0.1) is 0 Å². The number of halogens is 3. The second-order valence-corrected chi connectivity index (χ2v) is 10.3. The van der Waals surface area contributed by atoms with Crippen molar-refractivity contribution in [2.45, 2.75) is 77.0 Å². The molecule has 0 fully saturated rings. The van der Waals surface area contributed by atoms with Crippen LogP contribution in [0, 0.1) is 0 Å². The zero-order valence-corrected chi connectivity index (χ0v) is 23.8. The summed E-state index contributed by atoms with van der Waals surface area (Å²) < 4.78 is 45.8. The lowest BCUT2D eigenvalue weighted by atomic mass is 9.70. The van der Waals surface area contributed by atoms with Gasteiger partial charge in [0.05, 0.1) is 12.0 Å². The highest BCUT2D eigenvalue weighted by Crippen LogP contribution is 2.43. The number of ether oxygens (including phenoxy) is 1. The molecular weight excluding hydrogens is 531 g/mol. The van der Waals surface area contributed by atoms with Gasteiger partial charge in [-0.25, -0.2) is 0 Å². The smallest absolute Gasteiger partial charge is 0.416 e. The number of nitrogens with one attached hydrogen (secondary N) is 1. The quantitative estimate of drug-likeness (QED) is 0.238. The molecule has 0 radical (unpaired) electrons. The van der Waals surface area contributed by atoms with E-state index in [1.54, 1.807) is 24.3 Å². The Morgan fingerprint density at radius 3 is 2.34 bits per heavy atom. The molecule has 2 aromatic carbocycles. The number of hydrogen-bond acceptors (Lipinski definition) is 3. The van der Waals surface area contributed by atoms with E-state index < -0.39 is 23.1 Å². The second-order valence-electron chi connectivity index (χ2n) is 10.3. The van der Waals surface area contributed by atoms with Crippen LogP contribution >= 0.6 is 0 Å². The minimum atomic E-state index is -4.37. The number of carbonyl (C=O) groups is 2. The third-order valence-corrected chi connectivity index (χ3v) is 7.41. The molecule has 0 saturated carbocycles. The average Bonchev–Trinajstić information content (AvgIpc) is 2.95. The van der Waals surface area contributed by atoms with Gasteiger partial charge in [-0.1, -0.05) is 62.8 Å². The summed E-state index contributed by atoms with van der Waals surface area (Å²) in [6, 6.07) is 12.5. The molecule has 220 valence electrons. The number of carboxylic acids is 1. The number of hydrogen-bond donors (Lipinski definition) is 2. The largest absolute Gasteiger partial charge is 0.486 e. The molecule has 1 amide bonds. The molecule has 0 saturated heterocycles. The van der Waals surface area contributed by atoms with Gasteiger partial charge in [-0.2, -0.15) is 13.2 Å². The van der Waals surface area contributed by atoms with Crippen LogP contribution in [-0.2, 0) is 21.1 Å². The van der Waals surface area contributed by atoms with Crippen LogP contribution < -0.4 is 5.32 Å². The molecule has 2 N–H and O–H groups in total. The predicted octanol–water partition coefficient (Wildman–Crippen LogP) is 8.30. The van der Waals surface area contributed by atoms with Crippen molar-refractivity contribution in [3.63, 3.8) is 0 Å². The maximum Gasteiger partial charge on any atom is 0.416 e. The van der Waals surface area contributed by atoms with Crippen LogP contribution in [0.3, 0.4) is 0 Å². The lowest BCUT2D eigenvalue weighted by Crippen LogP contribution is -2.27. The van der Waals surface area contributed by atoms with Gasteiger partial charge < -0.3 is 15.2 Å². The highest BCUT2D eigenvalue weighted by molar-refractivity contribution is 5.94. The Kier molecular flexibility index (Phi) is 11.0. The van der Waals surface area contributed by atoms with Crippen molar-refractivity contribution in [3.05, 3.63) is 106 Å². The van der Waals surface area contributed by atoms with E-state index in [9.17, 15) is 22.8 Å². The van der Waals surface area contributed by atoms with E-state index in [-0.39, 0.29) is 25.0 Å². The van der Waals surface area contributed by atoms with Crippen LogP contribution in [-0.4, -0.2) is 23.5 Å². The lowest BCUT2D eigenvalue weighted by molar-refractivity contribution is -0.138. The molecule has 0 spiro atoms. The molecule has 5 nitrogen and oxygen atoms in total. The van der Waals surface area contributed by atoms with Gasteiger partial charge in [-0.3, -0.25) is 9.59 Å². The molecular formula is C33H38F3NO4. The second kappa shape index (κ2) is 14.2. The number of amides is 1. The van der Waals surface area contributed by atoms with Gasteiger partial charge in [0.15, 0.2) is 0 Å². The van der Waals surface area contributed by atoms with Crippen LogP contribution in [0.4, 0.5) is 13.2 Å². The Labute approximate surface area is 239 Å². The van der Waals surface area contributed by atoms with Crippen LogP contribution in [0.2, 0.25) is 0 Å². The molecule has 8 heteroatoms. The minimum absolute atomic E-state index is 0.0526. The highest BCUT2D eigenvalue weighted by atomic mass is 19.4. The highest BCUT2D eigenvalue weighted by Gasteiger charge is 2.35. The zero-order valence-electron chi connectivity index (χ0n) is 23.8. The number of allylic oxidation sites excluding steroid dienone is 5. The van der Waals surface area contributed by atoms with E-state index in [2.05, 4.69) is 24.4 Å². The number of aliphatic carboxylic acids is 1. The van der Waals surface area contributed by atoms with Crippen LogP contribution in [0.1, 0.15) is 92.4 Å². The summed E-state index contributed by atoms with van der Waals surface area (Å²) >= 11 is 0. The number of carbonyl (C=O) groups excluding carboxylic acids is 1. The Bertz CT molecular complexity index is 1280. The summed E-state index contributed by atoms with van der Waals surface area (Å²) in [7, 11) is 0. The van der Waals surface area contributed by atoms with Gasteiger partial charge in [0.25, 0.3) is 5.91 Å². The molecule has 0 bridgehead atoms. The van der Waals surface area contributed by atoms with E-state index in [0.717, 1.165) is 41.7 Å². The normalized spacial score (nSPS) is 18.0. The van der Waals surface area contributed by atoms with Crippen molar-refractivity contribution in [1.82, 2.24) is 5.32 Å². The Morgan fingerprint density at radius 1 is 1.07 bits per heavy atom. The number of alkyl halides is 3. The third kappa shape index (κ3) is 8.59. The fourth-order valence-corrected chi connectivity index (χ4v) is 4.95. The van der Waals surface area contributed by atoms with Gasteiger partial charge in [0.1, 0.15) is 11.9 Å². The van der Waals surface area contributed by atoms with Gasteiger partial charge in [0, 0.05) is 17.5 Å². The fourth-order valence-electron chi connectivity index (χ4n) is 4.95.